The minimum absolute atomic E-state index is 0.0270. The van der Waals surface area contributed by atoms with Gasteiger partial charge in [-0.05, 0) is 59.1 Å². The van der Waals surface area contributed by atoms with Gasteiger partial charge in [0.2, 0.25) is 0 Å². The molecule has 102 valence electrons. The molecule has 4 heteroatoms. The van der Waals surface area contributed by atoms with Crippen molar-refractivity contribution < 1.29 is 4.39 Å². The van der Waals surface area contributed by atoms with Crippen LogP contribution in [0.3, 0.4) is 0 Å². The van der Waals surface area contributed by atoms with Gasteiger partial charge in [0.1, 0.15) is 11.9 Å². The highest BCUT2D eigenvalue weighted by Gasteiger charge is 2.11. The molecule has 0 bridgehead atoms. The third-order valence-corrected chi connectivity index (χ3v) is 3.81. The fourth-order valence-electron chi connectivity index (χ4n) is 2.03. The van der Waals surface area contributed by atoms with Gasteiger partial charge in [0.25, 0.3) is 0 Å². The van der Waals surface area contributed by atoms with Crippen molar-refractivity contribution >= 4 is 21.6 Å². The number of aryl methyl sites for hydroxylation is 1. The Morgan fingerprint density at radius 1 is 1.30 bits per heavy atom. The van der Waals surface area contributed by atoms with Crippen LogP contribution in [0.4, 0.5) is 10.1 Å². The molecule has 2 rings (SSSR count). The van der Waals surface area contributed by atoms with Crippen molar-refractivity contribution in [2.45, 2.75) is 19.9 Å². The molecule has 0 amide bonds. The van der Waals surface area contributed by atoms with Crippen molar-refractivity contribution in [1.29, 1.82) is 5.26 Å². The molecule has 0 aliphatic heterocycles. The molecule has 0 aliphatic rings. The maximum Gasteiger partial charge on any atom is 0.137 e. The van der Waals surface area contributed by atoms with E-state index in [9.17, 15) is 9.65 Å². The van der Waals surface area contributed by atoms with Crippen LogP contribution in [0.25, 0.3) is 0 Å². The Morgan fingerprint density at radius 2 is 2.05 bits per heavy atom. The van der Waals surface area contributed by atoms with Crippen molar-refractivity contribution in [2.75, 3.05) is 5.32 Å². The smallest absolute Gasteiger partial charge is 0.137 e. The second-order valence-electron chi connectivity index (χ2n) is 4.65. The number of halogens is 2. The third kappa shape index (κ3) is 3.00. The summed E-state index contributed by atoms with van der Waals surface area (Å²) in [5, 5.41) is 12.5. The van der Waals surface area contributed by atoms with E-state index in [0.29, 0.717) is 10.0 Å². The molecular weight excluding hydrogens is 319 g/mol. The molecule has 1 atom stereocenters. The second kappa shape index (κ2) is 6.06. The van der Waals surface area contributed by atoms with Crippen LogP contribution < -0.4 is 5.32 Å². The maximum absolute atomic E-state index is 13.3. The first-order valence-corrected chi connectivity index (χ1v) is 7.03. The normalized spacial score (nSPS) is 11.8. The van der Waals surface area contributed by atoms with Gasteiger partial charge in [-0.1, -0.05) is 18.2 Å². The highest BCUT2D eigenvalue weighted by atomic mass is 79.9. The highest BCUT2D eigenvalue weighted by Crippen LogP contribution is 2.26. The van der Waals surface area contributed by atoms with Crippen molar-refractivity contribution in [3.8, 4) is 6.07 Å². The van der Waals surface area contributed by atoms with E-state index in [1.807, 2.05) is 32.0 Å². The zero-order valence-electron chi connectivity index (χ0n) is 11.2. The van der Waals surface area contributed by atoms with Gasteiger partial charge in [0, 0.05) is 6.04 Å². The average molecular weight is 333 g/mol. The quantitative estimate of drug-likeness (QED) is 0.863. The number of nitriles is 1. The number of hydrogen-bond acceptors (Lipinski definition) is 2. The van der Waals surface area contributed by atoms with Crippen LogP contribution in [0.15, 0.2) is 40.9 Å². The SMILES string of the molecule is Cc1cccc(NC(C)c2ccc(F)c(Br)c2)c1C#N. The lowest BCUT2D eigenvalue weighted by molar-refractivity contribution is 0.619. The van der Waals surface area contributed by atoms with E-state index < -0.39 is 0 Å². The molecule has 0 aliphatic carbocycles. The minimum atomic E-state index is -0.283. The van der Waals surface area contributed by atoms with Crippen molar-refractivity contribution in [1.82, 2.24) is 0 Å². The number of rotatable bonds is 3. The van der Waals surface area contributed by atoms with Crippen LogP contribution in [-0.2, 0) is 0 Å². The monoisotopic (exact) mass is 332 g/mol. The van der Waals surface area contributed by atoms with Crippen LogP contribution >= 0.6 is 15.9 Å². The number of benzene rings is 2. The predicted molar refractivity (Wildman–Crippen MR) is 82.0 cm³/mol. The first-order valence-electron chi connectivity index (χ1n) is 6.24. The standard InChI is InChI=1S/C16H14BrFN2/c1-10-4-3-5-16(13(10)9-19)20-11(2)12-6-7-15(18)14(17)8-12/h3-8,11,20H,1-2H3. The van der Waals surface area contributed by atoms with Gasteiger partial charge in [-0.25, -0.2) is 4.39 Å². The molecule has 2 aromatic rings. The number of nitrogens with one attached hydrogen (secondary N) is 1. The van der Waals surface area contributed by atoms with E-state index in [1.165, 1.54) is 6.07 Å². The van der Waals surface area contributed by atoms with Crippen LogP contribution in [0.5, 0.6) is 0 Å². The van der Waals surface area contributed by atoms with E-state index in [-0.39, 0.29) is 11.9 Å². The van der Waals surface area contributed by atoms with E-state index in [2.05, 4.69) is 27.3 Å². The van der Waals surface area contributed by atoms with Crippen LogP contribution in [0.2, 0.25) is 0 Å². The molecule has 1 unspecified atom stereocenters. The summed E-state index contributed by atoms with van der Waals surface area (Å²) in [4.78, 5) is 0. The number of anilines is 1. The van der Waals surface area contributed by atoms with Crippen molar-refractivity contribution in [2.24, 2.45) is 0 Å². The Kier molecular flexibility index (Phi) is 4.41. The lowest BCUT2D eigenvalue weighted by Gasteiger charge is -2.18. The van der Waals surface area contributed by atoms with Gasteiger partial charge in [-0.2, -0.15) is 5.26 Å². The Balaban J connectivity index is 2.28. The fraction of sp³-hybridized carbons (Fsp3) is 0.188. The fourth-order valence-corrected chi connectivity index (χ4v) is 2.43. The Bertz CT molecular complexity index is 677. The molecule has 0 saturated heterocycles. The Labute approximate surface area is 126 Å². The zero-order valence-corrected chi connectivity index (χ0v) is 12.8. The van der Waals surface area contributed by atoms with Crippen molar-refractivity contribution in [3.05, 3.63) is 63.4 Å². The maximum atomic E-state index is 13.3. The molecule has 1 N–H and O–H groups in total. The van der Waals surface area contributed by atoms with Gasteiger partial charge < -0.3 is 5.32 Å². The molecule has 20 heavy (non-hydrogen) atoms. The molecular formula is C16H14BrFN2. The van der Waals surface area contributed by atoms with Gasteiger partial charge in [0.15, 0.2) is 0 Å². The largest absolute Gasteiger partial charge is 0.377 e. The summed E-state index contributed by atoms with van der Waals surface area (Å²) in [5.74, 6) is -0.283. The molecule has 0 saturated carbocycles. The van der Waals surface area contributed by atoms with Gasteiger partial charge >= 0.3 is 0 Å². The summed E-state index contributed by atoms with van der Waals surface area (Å²) in [6, 6.07) is 12.8. The zero-order chi connectivity index (χ0) is 14.7. The van der Waals surface area contributed by atoms with Crippen LogP contribution in [0, 0.1) is 24.1 Å². The third-order valence-electron chi connectivity index (χ3n) is 3.20. The summed E-state index contributed by atoms with van der Waals surface area (Å²) in [6.07, 6.45) is 0. The molecule has 0 aromatic heterocycles. The summed E-state index contributed by atoms with van der Waals surface area (Å²) in [5.41, 5.74) is 3.31. The van der Waals surface area contributed by atoms with Crippen LogP contribution in [-0.4, -0.2) is 0 Å². The van der Waals surface area contributed by atoms with Crippen molar-refractivity contribution in [3.63, 3.8) is 0 Å². The predicted octanol–water partition coefficient (Wildman–Crippen LogP) is 4.94. The van der Waals surface area contributed by atoms with E-state index in [4.69, 9.17) is 0 Å². The molecule has 0 spiro atoms. The summed E-state index contributed by atoms with van der Waals surface area (Å²) in [7, 11) is 0. The molecule has 2 aromatic carbocycles. The second-order valence-corrected chi connectivity index (χ2v) is 5.50. The average Bonchev–Trinajstić information content (AvgIpc) is 2.42. The minimum Gasteiger partial charge on any atom is -0.377 e. The molecule has 0 fully saturated rings. The summed E-state index contributed by atoms with van der Waals surface area (Å²) >= 11 is 3.18. The molecule has 0 heterocycles. The van der Waals surface area contributed by atoms with Gasteiger partial charge in [-0.15, -0.1) is 0 Å². The lowest BCUT2D eigenvalue weighted by atomic mass is 10.0. The van der Waals surface area contributed by atoms with Gasteiger partial charge in [0.05, 0.1) is 15.7 Å². The summed E-state index contributed by atoms with van der Waals surface area (Å²) < 4.78 is 13.7. The first-order chi connectivity index (χ1) is 9.52. The topological polar surface area (TPSA) is 35.8 Å². The van der Waals surface area contributed by atoms with E-state index >= 15 is 0 Å². The number of hydrogen-bond donors (Lipinski definition) is 1. The Morgan fingerprint density at radius 3 is 2.70 bits per heavy atom. The lowest BCUT2D eigenvalue weighted by Crippen LogP contribution is -2.08. The van der Waals surface area contributed by atoms with Crippen LogP contribution in [0.1, 0.15) is 29.7 Å². The molecule has 0 radical (unpaired) electrons. The van der Waals surface area contributed by atoms with Gasteiger partial charge in [-0.3, -0.25) is 0 Å². The van der Waals surface area contributed by atoms with E-state index in [1.54, 1.807) is 12.1 Å². The van der Waals surface area contributed by atoms with E-state index in [0.717, 1.165) is 16.8 Å². The highest BCUT2D eigenvalue weighted by molar-refractivity contribution is 9.10. The Hall–Kier alpha value is -1.86. The number of nitrogens with zero attached hydrogens (tertiary/aromatic N) is 1. The first kappa shape index (κ1) is 14.5. The summed E-state index contributed by atoms with van der Waals surface area (Å²) in [6.45, 7) is 3.88. The molecule has 2 nitrogen and oxygen atoms in total.